The molecule has 0 aromatic heterocycles. The van der Waals surface area contributed by atoms with Crippen LogP contribution in [0.2, 0.25) is 0 Å². The van der Waals surface area contributed by atoms with Crippen molar-refractivity contribution in [3.05, 3.63) is 0 Å². The van der Waals surface area contributed by atoms with E-state index in [1.165, 1.54) is 38.5 Å². The predicted molar refractivity (Wildman–Crippen MR) is 65.6 cm³/mol. The van der Waals surface area contributed by atoms with E-state index in [-0.39, 0.29) is 23.7 Å². The van der Waals surface area contributed by atoms with Crippen molar-refractivity contribution >= 4 is 11.6 Å². The molecule has 18 heavy (non-hydrogen) atoms. The van der Waals surface area contributed by atoms with Gasteiger partial charge in [-0.3, -0.25) is 9.59 Å². The molecule has 5 fully saturated rings. The Kier molecular flexibility index (Phi) is 1.74. The van der Waals surface area contributed by atoms with Crippen molar-refractivity contribution in [1.82, 2.24) is 0 Å². The van der Waals surface area contributed by atoms with E-state index in [4.69, 9.17) is 0 Å². The monoisotopic (exact) mass is 244 g/mol. The number of Topliss-reactive ketones (excluding diaryl/α,β-unsaturated/α-hetero) is 2. The fraction of sp³-hybridized carbons (Fsp3) is 0.875. The Labute approximate surface area is 108 Å². The number of fused-ring (bicyclic) bond motifs is 10. The highest BCUT2D eigenvalue weighted by Gasteiger charge is 2.65. The van der Waals surface area contributed by atoms with Crippen molar-refractivity contribution in [3.63, 3.8) is 0 Å². The lowest BCUT2D eigenvalue weighted by atomic mass is 9.58. The minimum absolute atomic E-state index is 0.164. The normalized spacial score (nSPS) is 60.2. The van der Waals surface area contributed by atoms with E-state index in [2.05, 4.69) is 0 Å². The SMILES string of the molecule is O=C1C2C(C(=O)C3C1[C@H]1CC[C@@H]3C1)[C@H]1CC[C@@H]2C1. The highest BCUT2D eigenvalue weighted by molar-refractivity contribution is 6.01. The van der Waals surface area contributed by atoms with Crippen LogP contribution in [0.25, 0.3) is 0 Å². The van der Waals surface area contributed by atoms with Crippen molar-refractivity contribution in [2.45, 2.75) is 38.5 Å². The van der Waals surface area contributed by atoms with Crippen LogP contribution in [0.1, 0.15) is 38.5 Å². The Hall–Kier alpha value is -0.660. The summed E-state index contributed by atoms with van der Waals surface area (Å²) in [6, 6.07) is 0. The lowest BCUT2D eigenvalue weighted by Gasteiger charge is -2.42. The lowest BCUT2D eigenvalue weighted by Crippen LogP contribution is -2.51. The predicted octanol–water partition coefficient (Wildman–Crippen LogP) is 2.46. The first-order chi connectivity index (χ1) is 8.75. The summed E-state index contributed by atoms with van der Waals surface area (Å²) in [6.45, 7) is 0. The molecule has 0 spiro atoms. The topological polar surface area (TPSA) is 34.1 Å². The number of carbonyl (C=O) groups is 2. The summed E-state index contributed by atoms with van der Waals surface area (Å²) >= 11 is 0. The van der Waals surface area contributed by atoms with E-state index >= 15 is 0 Å². The molecule has 5 saturated carbocycles. The summed E-state index contributed by atoms with van der Waals surface area (Å²) in [5, 5.41) is 0. The lowest BCUT2D eigenvalue weighted by molar-refractivity contribution is -0.152. The number of carbonyl (C=O) groups excluding carboxylic acids is 2. The Bertz CT molecular complexity index is 376. The molecular formula is C16H20O2. The zero-order valence-electron chi connectivity index (χ0n) is 10.7. The minimum Gasteiger partial charge on any atom is -0.299 e. The number of hydrogen-bond acceptors (Lipinski definition) is 2. The number of hydrogen-bond donors (Lipinski definition) is 0. The third-order valence-electron chi connectivity index (χ3n) is 7.15. The van der Waals surface area contributed by atoms with Crippen molar-refractivity contribution in [3.8, 4) is 0 Å². The van der Waals surface area contributed by atoms with E-state index in [9.17, 15) is 9.59 Å². The molecule has 96 valence electrons. The van der Waals surface area contributed by atoms with E-state index in [1.807, 2.05) is 0 Å². The Morgan fingerprint density at radius 3 is 1.11 bits per heavy atom. The van der Waals surface area contributed by atoms with Gasteiger partial charge in [0, 0.05) is 23.7 Å². The maximum Gasteiger partial charge on any atom is 0.141 e. The molecule has 4 unspecified atom stereocenters. The fourth-order valence-corrected chi connectivity index (χ4v) is 6.66. The maximum atomic E-state index is 12.9. The van der Waals surface area contributed by atoms with Gasteiger partial charge in [0.05, 0.1) is 0 Å². The molecule has 0 amide bonds. The van der Waals surface area contributed by atoms with Crippen LogP contribution in [-0.2, 0) is 9.59 Å². The van der Waals surface area contributed by atoms with Gasteiger partial charge in [-0.15, -0.1) is 0 Å². The summed E-state index contributed by atoms with van der Waals surface area (Å²) in [4.78, 5) is 25.7. The maximum absolute atomic E-state index is 12.9. The van der Waals surface area contributed by atoms with Gasteiger partial charge >= 0.3 is 0 Å². The van der Waals surface area contributed by atoms with Gasteiger partial charge in [-0.05, 0) is 62.2 Å². The molecule has 2 nitrogen and oxygen atoms in total. The minimum atomic E-state index is 0.164. The molecule has 0 saturated heterocycles. The van der Waals surface area contributed by atoms with Gasteiger partial charge in [0.15, 0.2) is 0 Å². The van der Waals surface area contributed by atoms with Crippen molar-refractivity contribution < 1.29 is 9.59 Å². The third-order valence-corrected chi connectivity index (χ3v) is 7.15. The molecule has 2 heteroatoms. The van der Waals surface area contributed by atoms with Gasteiger partial charge in [0.1, 0.15) is 11.6 Å². The molecule has 0 aliphatic heterocycles. The highest BCUT2D eigenvalue weighted by Crippen LogP contribution is 2.63. The van der Waals surface area contributed by atoms with Crippen LogP contribution in [0.3, 0.4) is 0 Å². The van der Waals surface area contributed by atoms with Crippen LogP contribution < -0.4 is 0 Å². The highest BCUT2D eigenvalue weighted by atomic mass is 16.1. The molecular weight excluding hydrogens is 224 g/mol. The van der Waals surface area contributed by atoms with Crippen molar-refractivity contribution in [1.29, 1.82) is 0 Å². The number of rotatable bonds is 0. The molecule has 8 atom stereocenters. The second-order valence-corrected chi connectivity index (χ2v) is 7.57. The third kappa shape index (κ3) is 0.959. The van der Waals surface area contributed by atoms with E-state index in [0.717, 1.165) is 0 Å². The zero-order valence-corrected chi connectivity index (χ0v) is 10.7. The van der Waals surface area contributed by atoms with Gasteiger partial charge in [-0.25, -0.2) is 0 Å². The standard InChI is InChI=1S/C16H20O2/c17-15-11-7-1-2-8(5-7)12(11)16(18)14-10-4-3-9(6-10)13(14)15/h7-14H,1-6H2/t7-,8+,9+,10-,11?,12?,13?,14?. The van der Waals surface area contributed by atoms with Gasteiger partial charge < -0.3 is 0 Å². The van der Waals surface area contributed by atoms with Crippen LogP contribution in [0.15, 0.2) is 0 Å². The van der Waals surface area contributed by atoms with Gasteiger partial charge in [0.2, 0.25) is 0 Å². The van der Waals surface area contributed by atoms with Crippen LogP contribution in [-0.4, -0.2) is 11.6 Å². The first kappa shape index (κ1) is 10.2. The largest absolute Gasteiger partial charge is 0.299 e. The van der Waals surface area contributed by atoms with Gasteiger partial charge in [0.25, 0.3) is 0 Å². The number of ketones is 2. The first-order valence-electron chi connectivity index (χ1n) is 7.83. The average Bonchev–Trinajstić information content (AvgIpc) is 3.10. The second-order valence-electron chi connectivity index (χ2n) is 7.57. The summed E-state index contributed by atoms with van der Waals surface area (Å²) < 4.78 is 0. The summed E-state index contributed by atoms with van der Waals surface area (Å²) in [5.74, 6) is 4.04. The summed E-state index contributed by atoms with van der Waals surface area (Å²) in [6.07, 6.45) is 7.24. The van der Waals surface area contributed by atoms with E-state index in [0.29, 0.717) is 35.2 Å². The Morgan fingerprint density at radius 2 is 0.833 bits per heavy atom. The second kappa shape index (κ2) is 3.08. The van der Waals surface area contributed by atoms with E-state index < -0.39 is 0 Å². The summed E-state index contributed by atoms with van der Waals surface area (Å²) in [5.41, 5.74) is 0. The van der Waals surface area contributed by atoms with Crippen LogP contribution >= 0.6 is 0 Å². The summed E-state index contributed by atoms with van der Waals surface area (Å²) in [7, 11) is 0. The fourth-order valence-electron chi connectivity index (χ4n) is 6.66. The Balaban J connectivity index is 1.61. The van der Waals surface area contributed by atoms with E-state index in [1.54, 1.807) is 0 Å². The molecule has 5 aliphatic carbocycles. The zero-order chi connectivity index (χ0) is 12.0. The molecule has 0 aromatic carbocycles. The molecule has 0 N–H and O–H groups in total. The molecule has 0 radical (unpaired) electrons. The Morgan fingerprint density at radius 1 is 0.556 bits per heavy atom. The molecule has 5 rings (SSSR count). The van der Waals surface area contributed by atoms with Gasteiger partial charge in [-0.1, -0.05) is 0 Å². The smallest absolute Gasteiger partial charge is 0.141 e. The molecule has 0 heterocycles. The van der Waals surface area contributed by atoms with Crippen molar-refractivity contribution in [2.75, 3.05) is 0 Å². The van der Waals surface area contributed by atoms with Crippen LogP contribution in [0.5, 0.6) is 0 Å². The molecule has 5 aliphatic rings. The van der Waals surface area contributed by atoms with Crippen LogP contribution in [0.4, 0.5) is 0 Å². The van der Waals surface area contributed by atoms with Crippen LogP contribution in [0, 0.1) is 47.3 Å². The van der Waals surface area contributed by atoms with Crippen molar-refractivity contribution in [2.24, 2.45) is 47.3 Å². The molecule has 0 aromatic rings. The first-order valence-corrected chi connectivity index (χ1v) is 7.83. The quantitative estimate of drug-likeness (QED) is 0.656. The molecule has 4 bridgehead atoms. The average molecular weight is 244 g/mol. The van der Waals surface area contributed by atoms with Gasteiger partial charge in [-0.2, -0.15) is 0 Å².